The van der Waals surface area contributed by atoms with E-state index < -0.39 is 85.9 Å². The fourth-order valence-electron chi connectivity index (χ4n) is 5.67. The zero-order valence-electron chi connectivity index (χ0n) is 32.1. The van der Waals surface area contributed by atoms with Crippen LogP contribution in [-0.2, 0) is 30.3 Å². The van der Waals surface area contributed by atoms with Crippen molar-refractivity contribution in [2.45, 2.75) is 125 Å². The lowest BCUT2D eigenvalue weighted by Gasteiger charge is -2.42. The third-order valence-electron chi connectivity index (χ3n) is 9.35. The Labute approximate surface area is 339 Å². The van der Waals surface area contributed by atoms with Crippen LogP contribution in [0, 0.1) is 5.21 Å². The average Bonchev–Trinajstić information content (AvgIpc) is 3.73. The van der Waals surface area contributed by atoms with E-state index in [-0.39, 0.29) is 25.6 Å². The monoisotopic (exact) mass is 850 g/mol. The topological polar surface area (TPSA) is 303 Å². The number of alkyl carbamates (subject to hydrolysis) is 1. The van der Waals surface area contributed by atoms with Crippen LogP contribution in [0.15, 0.2) is 24.3 Å². The van der Waals surface area contributed by atoms with E-state index in [1.807, 2.05) is 21.6 Å². The van der Waals surface area contributed by atoms with E-state index in [1.54, 1.807) is 38.1 Å². The van der Waals surface area contributed by atoms with Crippen molar-refractivity contribution >= 4 is 45.7 Å². The van der Waals surface area contributed by atoms with Crippen LogP contribution in [0.1, 0.15) is 63.5 Å². The van der Waals surface area contributed by atoms with Gasteiger partial charge in [0.2, 0.25) is 11.4 Å². The molecule has 19 nitrogen and oxygen atoms in total. The van der Waals surface area contributed by atoms with Gasteiger partial charge in [0.1, 0.15) is 42.7 Å². The van der Waals surface area contributed by atoms with Gasteiger partial charge in [-0.15, -0.1) is 0 Å². The molecule has 2 aliphatic heterocycles. The molecule has 2 aliphatic rings. The van der Waals surface area contributed by atoms with E-state index in [2.05, 4.69) is 16.0 Å². The van der Waals surface area contributed by atoms with Crippen LogP contribution in [0.3, 0.4) is 0 Å². The number of unbranched alkanes of at least 4 members (excludes halogenated alkanes) is 1. The van der Waals surface area contributed by atoms with Crippen molar-refractivity contribution in [3.05, 3.63) is 40.6 Å². The number of hydroxylamine groups is 1. The second-order valence-corrected chi connectivity index (χ2v) is 17.3. The van der Waals surface area contributed by atoms with E-state index in [1.165, 1.54) is 18.4 Å². The predicted molar refractivity (Wildman–Crippen MR) is 209 cm³/mol. The number of hydrogen-bond donors (Lipinski definition) is 11. The average molecular weight is 851 g/mol. The fourth-order valence-corrected chi connectivity index (χ4v) is 8.70. The van der Waals surface area contributed by atoms with Gasteiger partial charge in [0, 0.05) is 56.5 Å². The van der Waals surface area contributed by atoms with E-state index in [0.29, 0.717) is 40.5 Å². The molecule has 0 radical (unpaired) electrons. The Morgan fingerprint density at radius 1 is 1.00 bits per heavy atom. The van der Waals surface area contributed by atoms with Gasteiger partial charge in [0.25, 0.3) is 5.91 Å². The summed E-state index contributed by atoms with van der Waals surface area (Å²) in [5.74, 6) is 0.0858. The fraction of sp³-hybridized carbons (Fsp3) is 0.722. The first-order chi connectivity index (χ1) is 27.1. The third-order valence-corrected chi connectivity index (χ3v) is 12.4. The summed E-state index contributed by atoms with van der Waals surface area (Å²) >= 11 is 0. The van der Waals surface area contributed by atoms with Crippen LogP contribution >= 0.6 is 21.6 Å². The van der Waals surface area contributed by atoms with Crippen molar-refractivity contribution in [2.75, 3.05) is 38.7 Å². The lowest BCUT2D eigenvalue weighted by atomic mass is 9.98. The summed E-state index contributed by atoms with van der Waals surface area (Å²) in [5, 5.41) is 102. The molecule has 10 atom stereocenters. The smallest absolute Gasteiger partial charge is 0.407 e. The molecule has 0 spiro atoms. The summed E-state index contributed by atoms with van der Waals surface area (Å²) in [4.78, 5) is 37.0. The maximum absolute atomic E-state index is 12.9. The number of amides is 3. The van der Waals surface area contributed by atoms with Crippen molar-refractivity contribution in [1.29, 1.82) is 0 Å². The summed E-state index contributed by atoms with van der Waals surface area (Å²) in [5.41, 5.74) is -0.137. The molecular formula is C36H58N4O15S2. The number of carbonyl (C=O) groups is 3. The zero-order chi connectivity index (χ0) is 42.1. The van der Waals surface area contributed by atoms with Crippen molar-refractivity contribution < 1.29 is 74.2 Å². The van der Waals surface area contributed by atoms with E-state index >= 15 is 0 Å². The van der Waals surface area contributed by atoms with Gasteiger partial charge in [0.05, 0.1) is 13.2 Å². The molecule has 324 valence electrons. The van der Waals surface area contributed by atoms with Crippen molar-refractivity contribution in [3.63, 3.8) is 0 Å². The molecule has 2 heterocycles. The quantitative estimate of drug-likeness (QED) is 0.0145. The normalized spacial score (nSPS) is 24.9. The maximum Gasteiger partial charge on any atom is 0.407 e. The van der Waals surface area contributed by atoms with E-state index in [9.17, 15) is 60.4 Å². The van der Waals surface area contributed by atoms with Gasteiger partial charge in [-0.1, -0.05) is 40.1 Å². The van der Waals surface area contributed by atoms with E-state index in [4.69, 9.17) is 14.2 Å². The molecule has 1 aromatic rings. The van der Waals surface area contributed by atoms with Crippen LogP contribution in [0.5, 0.6) is 0 Å². The highest BCUT2D eigenvalue weighted by molar-refractivity contribution is 8.77. The maximum atomic E-state index is 12.9. The minimum atomic E-state index is -2.23. The number of nitrogens with one attached hydrogen (secondary N) is 3. The van der Waals surface area contributed by atoms with Gasteiger partial charge in [-0.25, -0.2) is 9.53 Å². The second-order valence-electron chi connectivity index (χ2n) is 14.5. The van der Waals surface area contributed by atoms with E-state index in [0.717, 1.165) is 19.3 Å². The van der Waals surface area contributed by atoms with Gasteiger partial charge in [-0.2, -0.15) is 0 Å². The summed E-state index contributed by atoms with van der Waals surface area (Å²) in [6, 6.07) is 6.32. The summed E-state index contributed by atoms with van der Waals surface area (Å²) in [7, 11) is 3.85. The lowest BCUT2D eigenvalue weighted by molar-refractivity contribution is -0.539. The highest BCUT2D eigenvalue weighted by atomic mass is 33.1. The first-order valence-corrected chi connectivity index (χ1v) is 21.2. The molecule has 3 rings (SSSR count). The van der Waals surface area contributed by atoms with Crippen LogP contribution in [0.2, 0.25) is 0 Å². The van der Waals surface area contributed by atoms with Crippen molar-refractivity contribution in [2.24, 2.45) is 0 Å². The minimum Gasteiger partial charge on any atom is -0.623 e. The van der Waals surface area contributed by atoms with Crippen molar-refractivity contribution in [3.8, 4) is 0 Å². The molecule has 11 N–H and O–H groups in total. The Kier molecular flexibility index (Phi) is 20.7. The van der Waals surface area contributed by atoms with Gasteiger partial charge >= 0.3 is 6.09 Å². The molecule has 21 heteroatoms. The Bertz CT molecular complexity index is 1420. The molecular weight excluding hydrogens is 793 g/mol. The van der Waals surface area contributed by atoms with Crippen LogP contribution < -0.4 is 16.0 Å². The number of rotatable bonds is 23. The lowest BCUT2D eigenvalue weighted by Crippen LogP contribution is -2.62. The molecule has 0 aliphatic carbocycles. The Morgan fingerprint density at radius 2 is 1.70 bits per heavy atom. The second kappa shape index (κ2) is 24.3. The number of hydrogen-bond acceptors (Lipinski definition) is 17. The largest absolute Gasteiger partial charge is 0.623 e. The Hall–Kier alpha value is -2.80. The number of aliphatic hydroxyl groups is 8. The predicted octanol–water partition coefficient (Wildman–Crippen LogP) is -1.78. The van der Waals surface area contributed by atoms with Crippen molar-refractivity contribution in [1.82, 2.24) is 16.0 Å². The van der Waals surface area contributed by atoms with Crippen LogP contribution in [0.25, 0.3) is 0 Å². The molecule has 0 aromatic heterocycles. The highest BCUT2D eigenvalue weighted by Gasteiger charge is 2.47. The number of nitrogens with zero attached hydrogens (tertiary/aromatic N) is 1. The van der Waals surface area contributed by atoms with Gasteiger partial charge in [0.15, 0.2) is 25.2 Å². The molecule has 2 fully saturated rings. The number of ether oxygens (including phenoxy) is 3. The highest BCUT2D eigenvalue weighted by Crippen LogP contribution is 2.39. The molecule has 1 unspecified atom stereocenters. The summed E-state index contributed by atoms with van der Waals surface area (Å²) in [6.45, 7) is 1.70. The molecule has 57 heavy (non-hydrogen) atoms. The number of carbonyl (C=O) groups excluding carboxylic acids is 3. The first kappa shape index (κ1) is 48.6. The number of aliphatic hydroxyl groups excluding tert-OH is 8. The standard InChI is InChI=1S/C36H58N4O15S2/c1-36(2,20-53-35(51)38-14-5-13-37-26(44)7-4-3-6-23-12-15-56-57-23)40(52)17-22-10-8-21(9-11-22)16-39-33(50)30(48)29(47)32(24(43)18-41)55-34-31(49)28(46)27(45)25(19-42)54-34/h8-11,17,23-25,27-32,34,41-43,45-49H,3-7,12-16,18-20H2,1-2H3,(H,37,44)(H,38,51)(H,39,50)/b40-17-/t23?,24-,25-,27+,28+,29-,30+,31-,32+,34+/m1/s1. The Morgan fingerprint density at radius 3 is 2.35 bits per heavy atom. The molecule has 1 aromatic carbocycles. The summed E-state index contributed by atoms with van der Waals surface area (Å²) in [6.07, 6.45) is -11.2. The number of benzene rings is 1. The molecule has 2 saturated heterocycles. The molecule has 0 bridgehead atoms. The third kappa shape index (κ3) is 15.7. The SMILES string of the molecule is CC(C)(COC(=O)NCCCNC(=O)CCCCC1CCSS1)/[N+]([O-])=C/c1ccc(CNC(=O)[C@@H](O)[C@@H](O)[C@@H](O[C@@H]2O[C@H](CO)[C@H](O)[C@H](O)[C@H]2O)[C@H](O)CO)cc1. The van der Waals surface area contributed by atoms with Crippen LogP contribution in [0.4, 0.5) is 4.79 Å². The molecule has 3 amide bonds. The van der Waals surface area contributed by atoms with Gasteiger partial charge < -0.3 is 76.2 Å². The zero-order valence-corrected chi connectivity index (χ0v) is 33.7. The summed E-state index contributed by atoms with van der Waals surface area (Å²) < 4.78 is 16.4. The first-order valence-electron chi connectivity index (χ1n) is 18.8. The Balaban J connectivity index is 1.39. The molecule has 0 saturated carbocycles. The van der Waals surface area contributed by atoms with Gasteiger partial charge in [-0.3, -0.25) is 9.59 Å². The minimum absolute atomic E-state index is 0.00814. The van der Waals surface area contributed by atoms with Gasteiger partial charge in [-0.05, 0) is 43.4 Å². The van der Waals surface area contributed by atoms with Crippen LogP contribution in [-0.4, -0.2) is 174 Å².